The average Bonchev–Trinajstić information content (AvgIpc) is 2.57. The molecule has 8 heteroatoms. The molecule has 0 saturated heterocycles. The molecule has 0 bridgehead atoms. The normalized spacial score (nSPS) is 11.6. The summed E-state index contributed by atoms with van der Waals surface area (Å²) in [7, 11) is 0. The van der Waals surface area contributed by atoms with E-state index in [2.05, 4.69) is 14.8 Å². The molecule has 2 N–H and O–H groups in total. The Bertz CT molecular complexity index is 547. The van der Waals surface area contributed by atoms with Crippen molar-refractivity contribution < 1.29 is 17.9 Å². The van der Waals surface area contributed by atoms with Gasteiger partial charge in [0.2, 0.25) is 0 Å². The molecule has 0 aromatic carbocycles. The van der Waals surface area contributed by atoms with E-state index >= 15 is 0 Å². The average molecular weight is 258 g/mol. The molecule has 0 saturated carbocycles. The van der Waals surface area contributed by atoms with Crippen molar-refractivity contribution in [1.29, 1.82) is 0 Å². The van der Waals surface area contributed by atoms with Gasteiger partial charge in [-0.25, -0.2) is 9.67 Å². The van der Waals surface area contributed by atoms with Gasteiger partial charge in [-0.1, -0.05) is 0 Å². The molecule has 0 aliphatic heterocycles. The highest BCUT2D eigenvalue weighted by atomic mass is 19.4. The van der Waals surface area contributed by atoms with Crippen molar-refractivity contribution in [2.75, 3.05) is 5.73 Å². The number of alkyl halides is 3. The molecule has 0 radical (unpaired) electrons. The van der Waals surface area contributed by atoms with Crippen LogP contribution in [0.25, 0.3) is 5.82 Å². The first-order valence-corrected chi connectivity index (χ1v) is 4.89. The highest BCUT2D eigenvalue weighted by Gasteiger charge is 2.31. The summed E-state index contributed by atoms with van der Waals surface area (Å²) in [6.07, 6.45) is -3.75. The largest absolute Gasteiger partial charge is 0.573 e. The number of nitrogen functional groups attached to an aromatic ring is 1. The second kappa shape index (κ2) is 4.21. The second-order valence-corrected chi connectivity index (χ2v) is 3.52. The minimum Gasteiger partial charge on any atom is -0.404 e. The molecular formula is C10H9F3N4O. The number of aryl methyl sites for hydroxylation is 1. The molecule has 2 aromatic rings. The van der Waals surface area contributed by atoms with Crippen molar-refractivity contribution >= 4 is 5.82 Å². The van der Waals surface area contributed by atoms with Gasteiger partial charge in [0.25, 0.3) is 0 Å². The van der Waals surface area contributed by atoms with E-state index in [0.29, 0.717) is 11.6 Å². The smallest absolute Gasteiger partial charge is 0.404 e. The number of ether oxygens (including phenoxy) is 1. The Labute approximate surface area is 100.0 Å². The molecule has 0 spiro atoms. The van der Waals surface area contributed by atoms with Gasteiger partial charge >= 0.3 is 6.36 Å². The van der Waals surface area contributed by atoms with E-state index in [4.69, 9.17) is 5.73 Å². The SMILES string of the molecule is Cc1cc(N)nn1-c1ccc(OC(F)(F)F)cn1. The highest BCUT2D eigenvalue weighted by molar-refractivity contribution is 5.36. The van der Waals surface area contributed by atoms with Gasteiger partial charge in [0.05, 0.1) is 6.20 Å². The van der Waals surface area contributed by atoms with Crippen LogP contribution in [0.15, 0.2) is 24.4 Å². The first kappa shape index (κ1) is 12.2. The van der Waals surface area contributed by atoms with Crippen LogP contribution in [0.4, 0.5) is 19.0 Å². The highest BCUT2D eigenvalue weighted by Crippen LogP contribution is 2.22. The Morgan fingerprint density at radius 1 is 1.33 bits per heavy atom. The van der Waals surface area contributed by atoms with Crippen LogP contribution in [0.5, 0.6) is 5.75 Å². The summed E-state index contributed by atoms with van der Waals surface area (Å²) in [5.41, 5.74) is 6.22. The van der Waals surface area contributed by atoms with Crippen molar-refractivity contribution in [3.8, 4) is 11.6 Å². The maximum absolute atomic E-state index is 11.9. The number of pyridine rings is 1. The van der Waals surface area contributed by atoms with Gasteiger partial charge in [-0.15, -0.1) is 18.3 Å². The van der Waals surface area contributed by atoms with Gasteiger partial charge in [-0.2, -0.15) is 0 Å². The summed E-state index contributed by atoms with van der Waals surface area (Å²) in [5, 5.41) is 3.95. The minimum absolute atomic E-state index is 0.310. The second-order valence-electron chi connectivity index (χ2n) is 3.52. The Kier molecular flexibility index (Phi) is 2.85. The first-order chi connectivity index (χ1) is 8.35. The zero-order valence-corrected chi connectivity index (χ0v) is 9.27. The topological polar surface area (TPSA) is 66.0 Å². The van der Waals surface area contributed by atoms with Crippen molar-refractivity contribution in [2.24, 2.45) is 0 Å². The van der Waals surface area contributed by atoms with E-state index in [1.54, 1.807) is 13.0 Å². The van der Waals surface area contributed by atoms with Gasteiger partial charge in [-0.05, 0) is 19.1 Å². The monoisotopic (exact) mass is 258 g/mol. The van der Waals surface area contributed by atoms with Gasteiger partial charge in [0, 0.05) is 11.8 Å². The molecule has 18 heavy (non-hydrogen) atoms. The van der Waals surface area contributed by atoms with Crippen molar-refractivity contribution in [1.82, 2.24) is 14.8 Å². The van der Waals surface area contributed by atoms with Crippen LogP contribution >= 0.6 is 0 Å². The van der Waals surface area contributed by atoms with Gasteiger partial charge in [-0.3, -0.25) is 0 Å². The zero-order valence-electron chi connectivity index (χ0n) is 9.27. The van der Waals surface area contributed by atoms with E-state index < -0.39 is 6.36 Å². The predicted octanol–water partition coefficient (Wildman–Crippen LogP) is 2.06. The number of nitrogens with zero attached hydrogens (tertiary/aromatic N) is 3. The summed E-state index contributed by atoms with van der Waals surface area (Å²) in [4.78, 5) is 3.83. The first-order valence-electron chi connectivity index (χ1n) is 4.89. The lowest BCUT2D eigenvalue weighted by Gasteiger charge is -2.09. The molecule has 0 aliphatic carbocycles. The van der Waals surface area contributed by atoms with Crippen LogP contribution < -0.4 is 10.5 Å². The zero-order chi connectivity index (χ0) is 13.3. The molecule has 2 aromatic heterocycles. The molecule has 0 atom stereocenters. The van der Waals surface area contributed by atoms with E-state index in [1.165, 1.54) is 10.7 Å². The molecule has 0 aliphatic rings. The quantitative estimate of drug-likeness (QED) is 0.895. The maximum atomic E-state index is 11.9. The fraction of sp³-hybridized carbons (Fsp3) is 0.200. The number of anilines is 1. The van der Waals surface area contributed by atoms with E-state index in [1.807, 2.05) is 0 Å². The van der Waals surface area contributed by atoms with Crippen molar-refractivity contribution in [3.63, 3.8) is 0 Å². The number of nitrogens with two attached hydrogens (primary N) is 1. The summed E-state index contributed by atoms with van der Waals surface area (Å²) in [6, 6.07) is 4.15. The number of halogens is 3. The van der Waals surface area contributed by atoms with Gasteiger partial charge in [0.15, 0.2) is 5.82 Å². The lowest BCUT2D eigenvalue weighted by molar-refractivity contribution is -0.274. The number of rotatable bonds is 2. The Morgan fingerprint density at radius 3 is 2.50 bits per heavy atom. The Morgan fingerprint density at radius 2 is 2.06 bits per heavy atom. The number of hydrogen-bond donors (Lipinski definition) is 1. The van der Waals surface area contributed by atoms with Crippen molar-refractivity contribution in [3.05, 3.63) is 30.1 Å². The third-order valence-electron chi connectivity index (χ3n) is 2.08. The maximum Gasteiger partial charge on any atom is 0.573 e. The Balaban J connectivity index is 2.25. The molecule has 2 heterocycles. The lowest BCUT2D eigenvalue weighted by Crippen LogP contribution is -2.17. The fourth-order valence-electron chi connectivity index (χ4n) is 1.42. The van der Waals surface area contributed by atoms with Crippen LogP contribution in [0, 0.1) is 6.92 Å². The van der Waals surface area contributed by atoms with Crippen molar-refractivity contribution in [2.45, 2.75) is 13.3 Å². The summed E-state index contributed by atoms with van der Waals surface area (Å²) < 4.78 is 41.0. The molecule has 0 unspecified atom stereocenters. The van der Waals surface area contributed by atoms with Gasteiger partial charge in [0.1, 0.15) is 11.6 Å². The molecule has 96 valence electrons. The fourth-order valence-corrected chi connectivity index (χ4v) is 1.42. The lowest BCUT2D eigenvalue weighted by atomic mass is 10.4. The summed E-state index contributed by atoms with van der Waals surface area (Å²) >= 11 is 0. The van der Waals surface area contributed by atoms with Crippen LogP contribution in [0.2, 0.25) is 0 Å². The van der Waals surface area contributed by atoms with Crippen LogP contribution in [0.3, 0.4) is 0 Å². The molecule has 5 nitrogen and oxygen atoms in total. The number of aromatic nitrogens is 3. The predicted molar refractivity (Wildman–Crippen MR) is 57.2 cm³/mol. The molecule has 0 fully saturated rings. The van der Waals surface area contributed by atoms with E-state index in [9.17, 15) is 13.2 Å². The van der Waals surface area contributed by atoms with Crippen LogP contribution in [0.1, 0.15) is 5.69 Å². The molecular weight excluding hydrogens is 249 g/mol. The third kappa shape index (κ3) is 2.70. The molecule has 0 amide bonds. The van der Waals surface area contributed by atoms with E-state index in [-0.39, 0.29) is 5.75 Å². The Hall–Kier alpha value is -2.25. The molecule has 2 rings (SSSR count). The third-order valence-corrected chi connectivity index (χ3v) is 2.08. The van der Waals surface area contributed by atoms with Gasteiger partial charge < -0.3 is 10.5 Å². The minimum atomic E-state index is -4.73. The standard InChI is InChI=1S/C10H9F3N4O/c1-6-4-8(14)16-17(6)9-3-2-7(5-15-9)18-10(11,12)13/h2-5H,1H3,(H2,14,16). The van der Waals surface area contributed by atoms with E-state index in [0.717, 1.165) is 18.0 Å². The summed E-state index contributed by atoms with van der Waals surface area (Å²) in [5.74, 6) is 0.285. The summed E-state index contributed by atoms with van der Waals surface area (Å²) in [6.45, 7) is 1.76. The van der Waals surface area contributed by atoms with Crippen LogP contribution in [-0.2, 0) is 0 Å². The number of hydrogen-bond acceptors (Lipinski definition) is 4. The van der Waals surface area contributed by atoms with Crippen LogP contribution in [-0.4, -0.2) is 21.1 Å².